The normalized spacial score (nSPS) is 11.7. The van der Waals surface area contributed by atoms with Crippen LogP contribution in [0.2, 0.25) is 0 Å². The van der Waals surface area contributed by atoms with Gasteiger partial charge in [0.1, 0.15) is 5.75 Å². The predicted octanol–water partition coefficient (Wildman–Crippen LogP) is 0.323. The molecule has 0 radical (unpaired) electrons. The van der Waals surface area contributed by atoms with Gasteiger partial charge in [-0.05, 0) is 29.8 Å². The van der Waals surface area contributed by atoms with Crippen molar-refractivity contribution < 1.29 is 9.94 Å². The molecule has 1 rings (SSSR count). The van der Waals surface area contributed by atoms with E-state index in [-0.39, 0.29) is 5.96 Å². The van der Waals surface area contributed by atoms with Crippen LogP contribution in [0, 0.1) is 0 Å². The van der Waals surface area contributed by atoms with Gasteiger partial charge in [0, 0.05) is 0 Å². The van der Waals surface area contributed by atoms with E-state index in [0.29, 0.717) is 0 Å². The first-order valence-corrected chi connectivity index (χ1v) is 4.17. The number of nitrogens with zero attached hydrogens (tertiary/aromatic N) is 2. The second-order valence-corrected chi connectivity index (χ2v) is 2.61. The minimum absolute atomic E-state index is 0.167. The second kappa shape index (κ2) is 5.61. The van der Waals surface area contributed by atoms with Gasteiger partial charge in [-0.1, -0.05) is 0 Å². The van der Waals surface area contributed by atoms with E-state index < -0.39 is 0 Å². The number of rotatable bonds is 3. The van der Waals surface area contributed by atoms with Crippen molar-refractivity contribution in [1.29, 1.82) is 0 Å². The Balaban J connectivity index is 2.65. The summed E-state index contributed by atoms with van der Waals surface area (Å²) in [6.45, 7) is 0. The Morgan fingerprint density at radius 2 is 2.13 bits per heavy atom. The molecule has 1 aromatic carbocycles. The van der Waals surface area contributed by atoms with Gasteiger partial charge in [0.15, 0.2) is 0 Å². The van der Waals surface area contributed by atoms with Crippen molar-refractivity contribution in [3.8, 4) is 5.75 Å². The summed E-state index contributed by atoms with van der Waals surface area (Å²) in [7, 11) is 1.60. The molecule has 0 aliphatic carbocycles. The van der Waals surface area contributed by atoms with Gasteiger partial charge in [-0.3, -0.25) is 5.21 Å². The first-order chi connectivity index (χ1) is 7.26. The SMILES string of the molecule is COc1ccc(/C=N/N=C(/N)NO)cc1. The maximum Gasteiger partial charge on any atom is 0.237 e. The van der Waals surface area contributed by atoms with Crippen molar-refractivity contribution in [3.05, 3.63) is 29.8 Å². The molecule has 15 heavy (non-hydrogen) atoms. The Hall–Kier alpha value is -2.08. The molecule has 0 aromatic heterocycles. The molecule has 0 heterocycles. The summed E-state index contributed by atoms with van der Waals surface area (Å²) in [4.78, 5) is 0. The predicted molar refractivity (Wildman–Crippen MR) is 57.1 cm³/mol. The van der Waals surface area contributed by atoms with E-state index in [1.807, 2.05) is 12.1 Å². The van der Waals surface area contributed by atoms with Crippen LogP contribution in [0.25, 0.3) is 0 Å². The van der Waals surface area contributed by atoms with E-state index in [0.717, 1.165) is 11.3 Å². The average molecular weight is 208 g/mol. The fourth-order valence-electron chi connectivity index (χ4n) is 0.870. The Kier molecular flexibility index (Phi) is 4.11. The molecule has 0 amide bonds. The molecule has 6 nitrogen and oxygen atoms in total. The van der Waals surface area contributed by atoms with Crippen LogP contribution in [0.4, 0.5) is 0 Å². The van der Waals surface area contributed by atoms with Crippen molar-refractivity contribution in [1.82, 2.24) is 5.48 Å². The fraction of sp³-hybridized carbons (Fsp3) is 0.111. The number of hydrogen-bond donors (Lipinski definition) is 3. The molecule has 1 aromatic rings. The highest BCUT2D eigenvalue weighted by Gasteiger charge is 1.90. The quantitative estimate of drug-likeness (QED) is 0.379. The zero-order valence-electron chi connectivity index (χ0n) is 8.21. The van der Waals surface area contributed by atoms with Crippen LogP contribution in [0.5, 0.6) is 5.75 Å². The van der Waals surface area contributed by atoms with Gasteiger partial charge in [-0.15, -0.1) is 5.10 Å². The molecule has 0 aliphatic rings. The molecule has 0 bridgehead atoms. The van der Waals surface area contributed by atoms with Crippen molar-refractivity contribution in [2.45, 2.75) is 0 Å². The molecule has 0 aliphatic heterocycles. The number of nitrogens with one attached hydrogen (secondary N) is 1. The lowest BCUT2D eigenvalue weighted by molar-refractivity contribution is 0.232. The summed E-state index contributed by atoms with van der Waals surface area (Å²) in [6, 6.07) is 7.25. The van der Waals surface area contributed by atoms with Crippen LogP contribution in [-0.2, 0) is 0 Å². The minimum Gasteiger partial charge on any atom is -0.497 e. The Morgan fingerprint density at radius 3 is 2.67 bits per heavy atom. The maximum atomic E-state index is 8.30. The molecule has 0 atom stereocenters. The molecule has 4 N–H and O–H groups in total. The highest BCUT2D eigenvalue weighted by atomic mass is 16.5. The average Bonchev–Trinajstić information content (AvgIpc) is 2.29. The van der Waals surface area contributed by atoms with E-state index in [9.17, 15) is 0 Å². The van der Waals surface area contributed by atoms with Gasteiger partial charge in [-0.2, -0.15) is 5.10 Å². The number of hydroxylamine groups is 1. The van der Waals surface area contributed by atoms with Crippen LogP contribution in [-0.4, -0.2) is 24.5 Å². The van der Waals surface area contributed by atoms with Gasteiger partial charge in [-0.25, -0.2) is 5.48 Å². The van der Waals surface area contributed by atoms with Crippen molar-refractivity contribution in [2.75, 3.05) is 7.11 Å². The first-order valence-electron chi connectivity index (χ1n) is 4.17. The standard InChI is InChI=1S/C9H12N4O2/c1-15-8-4-2-7(3-5-8)6-11-12-9(10)13-14/h2-6,14H,1H3,(H3,10,12,13)/b11-6+. The van der Waals surface area contributed by atoms with Crippen LogP contribution >= 0.6 is 0 Å². The zero-order chi connectivity index (χ0) is 11.1. The first kappa shape index (κ1) is 11.0. The van der Waals surface area contributed by atoms with E-state index >= 15 is 0 Å². The zero-order valence-corrected chi connectivity index (χ0v) is 8.21. The van der Waals surface area contributed by atoms with Crippen LogP contribution in [0.1, 0.15) is 5.56 Å². The van der Waals surface area contributed by atoms with Gasteiger partial charge in [0.25, 0.3) is 0 Å². The molecule has 0 spiro atoms. The summed E-state index contributed by atoms with van der Waals surface area (Å²) in [6.07, 6.45) is 1.50. The monoisotopic (exact) mass is 208 g/mol. The Bertz CT molecular complexity index is 359. The van der Waals surface area contributed by atoms with E-state index in [1.165, 1.54) is 6.21 Å². The van der Waals surface area contributed by atoms with Gasteiger partial charge in [0.05, 0.1) is 13.3 Å². The largest absolute Gasteiger partial charge is 0.497 e. The van der Waals surface area contributed by atoms with Gasteiger partial charge in [0.2, 0.25) is 5.96 Å². The lowest BCUT2D eigenvalue weighted by atomic mass is 10.2. The summed E-state index contributed by atoms with van der Waals surface area (Å²) in [5.41, 5.74) is 7.65. The lowest BCUT2D eigenvalue weighted by Gasteiger charge is -1.98. The molecule has 6 heteroatoms. The van der Waals surface area contributed by atoms with E-state index in [4.69, 9.17) is 15.7 Å². The highest BCUT2D eigenvalue weighted by Crippen LogP contribution is 2.09. The van der Waals surface area contributed by atoms with Crippen molar-refractivity contribution in [3.63, 3.8) is 0 Å². The third kappa shape index (κ3) is 3.65. The molecule has 0 unspecified atom stereocenters. The number of nitrogens with two attached hydrogens (primary N) is 1. The van der Waals surface area contributed by atoms with Crippen LogP contribution in [0.15, 0.2) is 34.5 Å². The van der Waals surface area contributed by atoms with Crippen LogP contribution < -0.4 is 16.0 Å². The number of methoxy groups -OCH3 is 1. The molecule has 0 fully saturated rings. The summed E-state index contributed by atoms with van der Waals surface area (Å²) < 4.78 is 4.99. The molecular formula is C9H12N4O2. The van der Waals surface area contributed by atoms with Gasteiger partial charge < -0.3 is 10.5 Å². The topological polar surface area (TPSA) is 92.2 Å². The van der Waals surface area contributed by atoms with Crippen molar-refractivity contribution >= 4 is 12.2 Å². The third-order valence-corrected chi connectivity index (χ3v) is 1.60. The minimum atomic E-state index is -0.167. The summed E-state index contributed by atoms with van der Waals surface area (Å²) >= 11 is 0. The van der Waals surface area contributed by atoms with Gasteiger partial charge >= 0.3 is 0 Å². The fourth-order valence-corrected chi connectivity index (χ4v) is 0.870. The molecule has 0 saturated carbocycles. The Labute approximate surface area is 87.0 Å². The summed E-state index contributed by atoms with van der Waals surface area (Å²) in [5, 5.41) is 15.4. The van der Waals surface area contributed by atoms with Crippen LogP contribution in [0.3, 0.4) is 0 Å². The maximum absolute atomic E-state index is 8.30. The number of benzene rings is 1. The Morgan fingerprint density at radius 1 is 1.47 bits per heavy atom. The molecular weight excluding hydrogens is 196 g/mol. The smallest absolute Gasteiger partial charge is 0.237 e. The number of hydrogen-bond acceptors (Lipinski definition) is 4. The molecule has 80 valence electrons. The number of guanidine groups is 1. The van der Waals surface area contributed by atoms with E-state index in [1.54, 1.807) is 24.7 Å². The lowest BCUT2D eigenvalue weighted by Crippen LogP contribution is -2.27. The second-order valence-electron chi connectivity index (χ2n) is 2.61. The molecule has 0 saturated heterocycles. The van der Waals surface area contributed by atoms with Crippen molar-refractivity contribution in [2.24, 2.45) is 15.9 Å². The summed E-state index contributed by atoms with van der Waals surface area (Å²) in [5.74, 6) is 0.604. The number of ether oxygens (including phenoxy) is 1. The highest BCUT2D eigenvalue weighted by molar-refractivity contribution is 5.81. The van der Waals surface area contributed by atoms with E-state index in [2.05, 4.69) is 10.2 Å². The third-order valence-electron chi connectivity index (χ3n) is 1.60.